The molecule has 0 bridgehead atoms. The van der Waals surface area contributed by atoms with Crippen LogP contribution in [0.4, 0.5) is 4.39 Å². The lowest BCUT2D eigenvalue weighted by atomic mass is 10.3. The number of benzene rings is 1. The minimum Gasteiger partial charge on any atom is -0.480 e. The molecule has 0 aliphatic carbocycles. The van der Waals surface area contributed by atoms with Crippen molar-refractivity contribution in [1.29, 1.82) is 0 Å². The predicted octanol–water partition coefficient (Wildman–Crippen LogP) is 1.33. The van der Waals surface area contributed by atoms with Gasteiger partial charge in [0.2, 0.25) is 0 Å². The summed E-state index contributed by atoms with van der Waals surface area (Å²) in [6.45, 7) is 0. The van der Waals surface area contributed by atoms with E-state index in [0.29, 0.717) is 0 Å². The molecule has 3 nitrogen and oxygen atoms in total. The largest absolute Gasteiger partial charge is 0.480 e. The summed E-state index contributed by atoms with van der Waals surface area (Å²) in [5, 5.41) is 8.51. The summed E-state index contributed by atoms with van der Waals surface area (Å²) in [6.07, 6.45) is 0. The van der Waals surface area contributed by atoms with Gasteiger partial charge >= 0.3 is 5.97 Å². The van der Waals surface area contributed by atoms with Crippen LogP contribution in [0.1, 0.15) is 0 Å². The van der Waals surface area contributed by atoms with Gasteiger partial charge < -0.3 is 10.8 Å². The summed E-state index contributed by atoms with van der Waals surface area (Å²) in [7, 11) is 0. The number of carboxylic acid groups (broad SMARTS) is 1. The van der Waals surface area contributed by atoms with E-state index in [9.17, 15) is 9.18 Å². The Kier molecular flexibility index (Phi) is 3.91. The van der Waals surface area contributed by atoms with Crippen LogP contribution in [0.25, 0.3) is 0 Å². The first-order chi connectivity index (χ1) is 6.59. The SMILES string of the molecule is N[C@@H](CSc1ccc([18F])cc1)C(=O)O. The van der Waals surface area contributed by atoms with Crippen molar-refractivity contribution in [2.75, 3.05) is 5.75 Å². The fourth-order valence-electron chi connectivity index (χ4n) is 0.788. The minimum atomic E-state index is -1.03. The van der Waals surface area contributed by atoms with Gasteiger partial charge in [0.05, 0.1) is 0 Å². The lowest BCUT2D eigenvalue weighted by molar-refractivity contribution is -0.137. The number of halogens is 1. The Morgan fingerprint density at radius 1 is 1.50 bits per heavy atom. The molecule has 5 heteroatoms. The molecule has 0 radical (unpaired) electrons. The molecule has 0 fully saturated rings. The van der Waals surface area contributed by atoms with E-state index in [4.69, 9.17) is 10.8 Å². The van der Waals surface area contributed by atoms with E-state index >= 15 is 0 Å². The van der Waals surface area contributed by atoms with Gasteiger partial charge in [0.15, 0.2) is 0 Å². The Hall–Kier alpha value is -1.07. The molecule has 0 aliphatic heterocycles. The van der Waals surface area contributed by atoms with E-state index in [0.717, 1.165) is 4.90 Å². The van der Waals surface area contributed by atoms with Gasteiger partial charge in [-0.1, -0.05) is 0 Å². The lowest BCUT2D eigenvalue weighted by Crippen LogP contribution is -2.32. The molecule has 1 rings (SSSR count). The van der Waals surface area contributed by atoms with E-state index < -0.39 is 12.0 Å². The number of aliphatic carboxylic acids is 1. The van der Waals surface area contributed by atoms with E-state index in [1.165, 1.54) is 23.9 Å². The van der Waals surface area contributed by atoms with Crippen LogP contribution in [-0.4, -0.2) is 22.9 Å². The zero-order chi connectivity index (χ0) is 10.6. The Bertz CT molecular complexity index is 315. The molecule has 0 saturated carbocycles. The Balaban J connectivity index is 2.46. The van der Waals surface area contributed by atoms with Crippen LogP contribution < -0.4 is 5.73 Å². The molecule has 3 N–H and O–H groups in total. The van der Waals surface area contributed by atoms with Gasteiger partial charge in [-0.05, 0) is 24.3 Å². The molecule has 1 aromatic carbocycles. The molecule has 0 aromatic heterocycles. The smallest absolute Gasteiger partial charge is 0.321 e. The fourth-order valence-corrected chi connectivity index (χ4v) is 1.63. The highest BCUT2D eigenvalue weighted by atomic mass is 32.2. The predicted molar refractivity (Wildman–Crippen MR) is 52.7 cm³/mol. The van der Waals surface area contributed by atoms with Gasteiger partial charge in [-0.25, -0.2) is 4.39 Å². The second-order valence-corrected chi connectivity index (χ2v) is 3.80. The Morgan fingerprint density at radius 2 is 2.07 bits per heavy atom. The van der Waals surface area contributed by atoms with Crippen molar-refractivity contribution in [3.8, 4) is 0 Å². The lowest BCUT2D eigenvalue weighted by Gasteiger charge is -2.05. The van der Waals surface area contributed by atoms with Gasteiger partial charge in [0.1, 0.15) is 11.9 Å². The maximum absolute atomic E-state index is 12.5. The summed E-state index contributed by atoms with van der Waals surface area (Å²) in [4.78, 5) is 11.2. The first-order valence-corrected chi connectivity index (χ1v) is 4.95. The summed E-state index contributed by atoms with van der Waals surface area (Å²) < 4.78 is 12.5. The molecule has 0 amide bonds. The number of hydrogen-bond acceptors (Lipinski definition) is 3. The molecular weight excluding hydrogens is 204 g/mol. The average Bonchev–Trinajstić information content (AvgIpc) is 2.16. The zero-order valence-electron chi connectivity index (χ0n) is 7.31. The Morgan fingerprint density at radius 3 is 2.57 bits per heavy atom. The number of carbonyl (C=O) groups is 1. The molecule has 0 spiro atoms. The normalized spacial score (nSPS) is 12.4. The summed E-state index contributed by atoms with van der Waals surface area (Å²) in [6, 6.07) is 4.96. The molecule has 1 atom stereocenters. The summed E-state index contributed by atoms with van der Waals surface area (Å²) in [5.41, 5.74) is 5.30. The first-order valence-electron chi connectivity index (χ1n) is 3.96. The maximum atomic E-state index is 12.5. The van der Waals surface area contributed by atoms with Gasteiger partial charge in [0.25, 0.3) is 0 Å². The fraction of sp³-hybridized carbons (Fsp3) is 0.222. The van der Waals surface area contributed by atoms with E-state index in [2.05, 4.69) is 0 Å². The summed E-state index contributed by atoms with van der Waals surface area (Å²) in [5.74, 6) is -1.06. The number of rotatable bonds is 4. The molecule has 76 valence electrons. The summed E-state index contributed by atoms with van der Waals surface area (Å²) >= 11 is 1.29. The van der Waals surface area contributed by atoms with Gasteiger partial charge in [-0.3, -0.25) is 4.79 Å². The highest BCUT2D eigenvalue weighted by Gasteiger charge is 2.11. The van der Waals surface area contributed by atoms with Crippen LogP contribution in [0.5, 0.6) is 0 Å². The van der Waals surface area contributed by atoms with Crippen LogP contribution in [-0.2, 0) is 4.79 Å². The number of carboxylic acids is 1. The van der Waals surface area contributed by atoms with Crippen molar-refractivity contribution in [2.24, 2.45) is 5.73 Å². The monoisotopic (exact) mass is 214 g/mol. The number of thioether (sulfide) groups is 1. The zero-order valence-corrected chi connectivity index (χ0v) is 8.13. The van der Waals surface area contributed by atoms with Crippen LogP contribution in [0, 0.1) is 5.82 Å². The Labute approximate surface area is 85.1 Å². The van der Waals surface area contributed by atoms with Crippen molar-refractivity contribution in [1.82, 2.24) is 0 Å². The molecule has 1 aromatic rings. The van der Waals surface area contributed by atoms with Gasteiger partial charge in [-0.15, -0.1) is 11.8 Å². The number of nitrogens with two attached hydrogens (primary N) is 1. The van der Waals surface area contributed by atoms with Crippen LogP contribution in [0.15, 0.2) is 29.2 Å². The van der Waals surface area contributed by atoms with Crippen LogP contribution in [0.2, 0.25) is 0 Å². The topological polar surface area (TPSA) is 63.3 Å². The van der Waals surface area contributed by atoms with Crippen LogP contribution >= 0.6 is 11.8 Å². The average molecular weight is 214 g/mol. The van der Waals surface area contributed by atoms with Crippen molar-refractivity contribution in [2.45, 2.75) is 10.9 Å². The maximum Gasteiger partial charge on any atom is 0.321 e. The minimum absolute atomic E-state index is 0.279. The highest BCUT2D eigenvalue weighted by Crippen LogP contribution is 2.18. The number of hydrogen-bond donors (Lipinski definition) is 2. The quantitative estimate of drug-likeness (QED) is 0.742. The molecule has 0 unspecified atom stereocenters. The van der Waals surface area contributed by atoms with E-state index in [1.54, 1.807) is 12.1 Å². The third-order valence-electron chi connectivity index (χ3n) is 1.56. The molecular formula is C9H10FNO2S. The van der Waals surface area contributed by atoms with Crippen molar-refractivity contribution >= 4 is 17.7 Å². The highest BCUT2D eigenvalue weighted by molar-refractivity contribution is 7.99. The van der Waals surface area contributed by atoms with Crippen LogP contribution in [0.3, 0.4) is 0 Å². The van der Waals surface area contributed by atoms with Crippen molar-refractivity contribution in [3.05, 3.63) is 30.1 Å². The molecule has 0 aliphatic rings. The van der Waals surface area contributed by atoms with Gasteiger partial charge in [0, 0.05) is 10.6 Å². The third-order valence-corrected chi connectivity index (χ3v) is 2.69. The van der Waals surface area contributed by atoms with Gasteiger partial charge in [-0.2, -0.15) is 0 Å². The standard InChI is InChI=1S/C9H10FNO2S/c10-6-1-3-7(4-2-6)14-5-8(11)9(12)13/h1-4,8H,5,11H2,(H,12,13)/t8-/m0/s1/i10-1. The van der Waals surface area contributed by atoms with E-state index in [1.807, 2.05) is 0 Å². The first kappa shape index (κ1) is 11.0. The van der Waals surface area contributed by atoms with Crippen molar-refractivity contribution < 1.29 is 14.3 Å². The van der Waals surface area contributed by atoms with E-state index in [-0.39, 0.29) is 11.6 Å². The second-order valence-electron chi connectivity index (χ2n) is 2.71. The molecule has 0 saturated heterocycles. The molecule has 0 heterocycles. The second kappa shape index (κ2) is 4.97. The molecule has 14 heavy (non-hydrogen) atoms. The van der Waals surface area contributed by atoms with Crippen molar-refractivity contribution in [3.63, 3.8) is 0 Å². The third kappa shape index (κ3) is 3.35.